The number of nitrogens with one attached hydrogen (secondary N) is 2. The van der Waals surface area contributed by atoms with Crippen LogP contribution in [0.1, 0.15) is 5.56 Å². The highest BCUT2D eigenvalue weighted by Gasteiger charge is 2.17. The molecule has 1 amide bonds. The summed E-state index contributed by atoms with van der Waals surface area (Å²) in [5.41, 5.74) is 2.30. The molecule has 0 spiro atoms. The highest BCUT2D eigenvalue weighted by molar-refractivity contribution is 9.10. The van der Waals surface area contributed by atoms with E-state index in [0.717, 1.165) is 15.7 Å². The van der Waals surface area contributed by atoms with Crippen LogP contribution in [-0.4, -0.2) is 5.91 Å². The molecule has 31 heavy (non-hydrogen) atoms. The minimum Gasteiger partial charge on any atom is -0.349 e. The molecule has 2 N–H and O–H groups in total. The van der Waals surface area contributed by atoms with Crippen LogP contribution in [0.15, 0.2) is 87.9 Å². The maximum atomic E-state index is 12.9. The summed E-state index contributed by atoms with van der Waals surface area (Å²) in [6.07, 6.45) is 0. The monoisotopic (exact) mass is 531 g/mol. The maximum absolute atomic E-state index is 12.9. The van der Waals surface area contributed by atoms with Crippen LogP contribution < -0.4 is 10.6 Å². The number of carbonyl (C=O) groups excluding carboxylic acids is 1. The highest BCUT2D eigenvalue weighted by atomic mass is 79.9. The second kappa shape index (κ2) is 11.3. The van der Waals surface area contributed by atoms with Gasteiger partial charge in [0.05, 0.1) is 5.03 Å². The van der Waals surface area contributed by atoms with E-state index >= 15 is 0 Å². The third-order valence-electron chi connectivity index (χ3n) is 4.07. The van der Waals surface area contributed by atoms with Gasteiger partial charge in [-0.2, -0.15) is 5.26 Å². The molecule has 0 aliphatic heterocycles. The number of halogens is 3. The normalized spacial score (nSPS) is 11.3. The molecule has 3 aromatic rings. The lowest BCUT2D eigenvalue weighted by atomic mass is 10.2. The topological polar surface area (TPSA) is 64.9 Å². The third-order valence-corrected chi connectivity index (χ3v) is 6.17. The summed E-state index contributed by atoms with van der Waals surface area (Å²) in [4.78, 5) is 12.9. The van der Waals surface area contributed by atoms with Crippen molar-refractivity contribution in [1.29, 1.82) is 5.26 Å². The Kier molecular flexibility index (Phi) is 8.44. The zero-order valence-electron chi connectivity index (χ0n) is 16.0. The molecule has 0 saturated heterocycles. The summed E-state index contributed by atoms with van der Waals surface area (Å²) in [7, 11) is 0. The van der Waals surface area contributed by atoms with Gasteiger partial charge in [0.2, 0.25) is 0 Å². The number of rotatable bonds is 7. The van der Waals surface area contributed by atoms with Gasteiger partial charge in [0.15, 0.2) is 0 Å². The number of nitrogens with zero attached hydrogens (tertiary/aromatic N) is 1. The fourth-order valence-electron chi connectivity index (χ4n) is 2.50. The Balaban J connectivity index is 1.87. The van der Waals surface area contributed by atoms with E-state index in [-0.39, 0.29) is 5.57 Å². The van der Waals surface area contributed by atoms with Crippen LogP contribution in [-0.2, 0) is 10.5 Å². The molecule has 0 aromatic heterocycles. The summed E-state index contributed by atoms with van der Waals surface area (Å²) < 4.78 is 0.983. The Hall–Kier alpha value is -2.43. The predicted molar refractivity (Wildman–Crippen MR) is 133 cm³/mol. The summed E-state index contributed by atoms with van der Waals surface area (Å²) >= 11 is 16.7. The van der Waals surface area contributed by atoms with E-state index in [1.165, 1.54) is 11.8 Å². The van der Waals surface area contributed by atoms with Gasteiger partial charge in [0.1, 0.15) is 11.6 Å². The maximum Gasteiger partial charge on any atom is 0.269 e. The van der Waals surface area contributed by atoms with Crippen LogP contribution in [0, 0.1) is 11.3 Å². The average Bonchev–Trinajstić information content (AvgIpc) is 2.76. The van der Waals surface area contributed by atoms with Crippen LogP contribution in [0.2, 0.25) is 10.0 Å². The number of hydrogen-bond acceptors (Lipinski definition) is 4. The van der Waals surface area contributed by atoms with Crippen LogP contribution in [0.5, 0.6) is 0 Å². The van der Waals surface area contributed by atoms with Crippen molar-refractivity contribution in [1.82, 2.24) is 0 Å². The van der Waals surface area contributed by atoms with E-state index in [1.807, 2.05) is 30.3 Å². The van der Waals surface area contributed by atoms with E-state index in [0.29, 0.717) is 26.5 Å². The van der Waals surface area contributed by atoms with Crippen LogP contribution in [0.3, 0.4) is 0 Å². The molecule has 3 aromatic carbocycles. The van der Waals surface area contributed by atoms with Gasteiger partial charge in [0, 0.05) is 31.6 Å². The van der Waals surface area contributed by atoms with E-state index in [1.54, 1.807) is 48.5 Å². The first kappa shape index (κ1) is 23.2. The molecule has 4 nitrogen and oxygen atoms in total. The van der Waals surface area contributed by atoms with E-state index < -0.39 is 5.91 Å². The van der Waals surface area contributed by atoms with Crippen molar-refractivity contribution < 1.29 is 4.79 Å². The van der Waals surface area contributed by atoms with Crippen molar-refractivity contribution in [2.24, 2.45) is 0 Å². The number of amides is 1. The lowest BCUT2D eigenvalue weighted by molar-refractivity contribution is -0.112. The predicted octanol–water partition coefficient (Wildman–Crippen LogP) is 7.48. The van der Waals surface area contributed by atoms with Gasteiger partial charge < -0.3 is 10.6 Å². The summed E-state index contributed by atoms with van der Waals surface area (Å²) in [5.74, 6) is 0.0624. The molecule has 3 rings (SSSR count). The largest absolute Gasteiger partial charge is 0.349 e. The minimum absolute atomic E-state index is 0.0213. The SMILES string of the molecule is N#CC(C(=O)Nc1ccc(Cl)cc1)=C(Nc1ccc(Cl)cc1)SCc1ccc(Br)cc1. The number of thioether (sulfide) groups is 1. The minimum atomic E-state index is -0.510. The lowest BCUT2D eigenvalue weighted by Crippen LogP contribution is -2.17. The smallest absolute Gasteiger partial charge is 0.269 e. The first-order valence-electron chi connectivity index (χ1n) is 9.06. The molecule has 0 heterocycles. The highest BCUT2D eigenvalue weighted by Crippen LogP contribution is 2.28. The number of nitriles is 1. The Bertz CT molecular complexity index is 1130. The zero-order valence-corrected chi connectivity index (χ0v) is 19.9. The van der Waals surface area contributed by atoms with Crippen molar-refractivity contribution >= 4 is 68.2 Å². The molecule has 0 aliphatic rings. The molecule has 0 unspecified atom stereocenters. The summed E-state index contributed by atoms with van der Waals surface area (Å²) in [6.45, 7) is 0. The van der Waals surface area contributed by atoms with Crippen molar-refractivity contribution in [2.75, 3.05) is 10.6 Å². The quantitative estimate of drug-likeness (QED) is 0.244. The number of benzene rings is 3. The Morgan fingerprint density at radius 3 is 1.90 bits per heavy atom. The van der Waals surface area contributed by atoms with E-state index in [9.17, 15) is 10.1 Å². The van der Waals surface area contributed by atoms with Gasteiger partial charge in [-0.1, -0.05) is 51.3 Å². The molecule has 0 aliphatic carbocycles. The summed E-state index contributed by atoms with van der Waals surface area (Å²) in [5, 5.41) is 17.3. The molecule has 0 radical (unpaired) electrons. The number of carbonyl (C=O) groups is 1. The second-order valence-electron chi connectivity index (χ2n) is 6.32. The van der Waals surface area contributed by atoms with Gasteiger partial charge in [0.25, 0.3) is 5.91 Å². The Labute approximate surface area is 203 Å². The fourth-order valence-corrected chi connectivity index (χ4v) is 4.00. The van der Waals surface area contributed by atoms with Crippen molar-refractivity contribution in [3.8, 4) is 6.07 Å². The van der Waals surface area contributed by atoms with Gasteiger partial charge >= 0.3 is 0 Å². The standard InChI is InChI=1S/C23H16BrCl2N3OS/c24-16-3-1-15(2-4-16)14-31-23(29-20-11-7-18(26)8-12-20)21(13-27)22(30)28-19-9-5-17(25)6-10-19/h1-12,29H,14H2,(H,28,30). The molecule has 0 saturated carbocycles. The zero-order chi connectivity index (χ0) is 22.2. The van der Waals surface area contributed by atoms with E-state index in [4.69, 9.17) is 23.2 Å². The second-order valence-corrected chi connectivity index (χ2v) is 9.10. The van der Waals surface area contributed by atoms with Gasteiger partial charge in [-0.05, 0) is 66.2 Å². The van der Waals surface area contributed by atoms with E-state index in [2.05, 4.69) is 26.6 Å². The number of anilines is 2. The average molecular weight is 533 g/mol. The number of hydrogen-bond donors (Lipinski definition) is 2. The first-order valence-corrected chi connectivity index (χ1v) is 11.6. The van der Waals surface area contributed by atoms with Gasteiger partial charge in [-0.3, -0.25) is 4.79 Å². The Morgan fingerprint density at radius 1 is 0.871 bits per heavy atom. The molecule has 0 atom stereocenters. The molecule has 0 fully saturated rings. The first-order chi connectivity index (χ1) is 14.9. The fraction of sp³-hybridized carbons (Fsp3) is 0.0435. The molecular weight excluding hydrogens is 517 g/mol. The van der Waals surface area contributed by atoms with Gasteiger partial charge in [-0.25, -0.2) is 0 Å². The van der Waals surface area contributed by atoms with Crippen LogP contribution in [0.4, 0.5) is 11.4 Å². The third kappa shape index (κ3) is 7.05. The Morgan fingerprint density at radius 2 is 1.39 bits per heavy atom. The summed E-state index contributed by atoms with van der Waals surface area (Å²) in [6, 6.07) is 23.6. The molecular formula is C23H16BrCl2N3OS. The lowest BCUT2D eigenvalue weighted by Gasteiger charge is -2.14. The molecule has 8 heteroatoms. The van der Waals surface area contributed by atoms with Crippen LogP contribution >= 0.6 is 50.9 Å². The molecule has 0 bridgehead atoms. The van der Waals surface area contributed by atoms with Crippen molar-refractivity contribution in [3.63, 3.8) is 0 Å². The van der Waals surface area contributed by atoms with Crippen molar-refractivity contribution in [3.05, 3.63) is 103 Å². The molecule has 156 valence electrons. The van der Waals surface area contributed by atoms with Crippen LogP contribution in [0.25, 0.3) is 0 Å². The van der Waals surface area contributed by atoms with Gasteiger partial charge in [-0.15, -0.1) is 11.8 Å². The van der Waals surface area contributed by atoms with Crippen molar-refractivity contribution in [2.45, 2.75) is 5.75 Å².